The van der Waals surface area contributed by atoms with Crippen LogP contribution in [0.1, 0.15) is 40.4 Å². The highest BCUT2D eigenvalue weighted by molar-refractivity contribution is 5.95. The molecule has 3 N–H and O–H groups in total. The number of nitrogens with one attached hydrogen (secondary N) is 1. The van der Waals surface area contributed by atoms with Crippen molar-refractivity contribution in [2.45, 2.75) is 25.3 Å². The first kappa shape index (κ1) is 16.1. The van der Waals surface area contributed by atoms with Crippen molar-refractivity contribution in [3.05, 3.63) is 65.2 Å². The second kappa shape index (κ2) is 7.17. The smallest absolute Gasteiger partial charge is 0.258 e. The van der Waals surface area contributed by atoms with E-state index in [1.54, 1.807) is 24.3 Å². The normalized spacial score (nSPS) is 16.1. The van der Waals surface area contributed by atoms with E-state index in [4.69, 9.17) is 10.5 Å². The standard InChI is InChI=1S/C19H20N2O3/c20-19(23)15-9-3-4-11-17(15)24-12-18(22)21-16-10-5-7-13-6-1-2-8-14(13)16/h1-4,6,8-9,11,16H,5,7,10,12H2,(H2,20,23)(H,21,22). The maximum absolute atomic E-state index is 12.2. The van der Waals surface area contributed by atoms with E-state index in [1.165, 1.54) is 11.1 Å². The van der Waals surface area contributed by atoms with Crippen LogP contribution in [0.25, 0.3) is 0 Å². The fraction of sp³-hybridized carbons (Fsp3) is 0.263. The minimum Gasteiger partial charge on any atom is -0.483 e. The van der Waals surface area contributed by atoms with Crippen LogP contribution in [0.3, 0.4) is 0 Å². The highest BCUT2D eigenvalue weighted by atomic mass is 16.5. The molecule has 5 nitrogen and oxygen atoms in total. The molecule has 0 saturated heterocycles. The van der Waals surface area contributed by atoms with Crippen molar-refractivity contribution in [3.8, 4) is 5.75 Å². The maximum atomic E-state index is 12.2. The van der Waals surface area contributed by atoms with Gasteiger partial charge in [-0.3, -0.25) is 9.59 Å². The highest BCUT2D eigenvalue weighted by Gasteiger charge is 2.21. The predicted octanol–water partition coefficient (Wildman–Crippen LogP) is 2.36. The van der Waals surface area contributed by atoms with Gasteiger partial charge >= 0.3 is 0 Å². The first-order valence-corrected chi connectivity index (χ1v) is 8.04. The summed E-state index contributed by atoms with van der Waals surface area (Å²) in [7, 11) is 0. The maximum Gasteiger partial charge on any atom is 0.258 e. The van der Waals surface area contributed by atoms with Crippen LogP contribution in [0.15, 0.2) is 48.5 Å². The molecule has 124 valence electrons. The van der Waals surface area contributed by atoms with Gasteiger partial charge in [-0.15, -0.1) is 0 Å². The van der Waals surface area contributed by atoms with Crippen LogP contribution < -0.4 is 15.8 Å². The van der Waals surface area contributed by atoms with E-state index >= 15 is 0 Å². The second-order valence-electron chi connectivity index (χ2n) is 5.86. The second-order valence-corrected chi connectivity index (χ2v) is 5.86. The van der Waals surface area contributed by atoms with Gasteiger partial charge in [0.05, 0.1) is 11.6 Å². The number of rotatable bonds is 5. The number of aryl methyl sites for hydroxylation is 1. The van der Waals surface area contributed by atoms with Crippen molar-refractivity contribution in [1.82, 2.24) is 5.32 Å². The van der Waals surface area contributed by atoms with Crippen LogP contribution in [0.5, 0.6) is 5.75 Å². The number of carbonyl (C=O) groups excluding carboxylic acids is 2. The van der Waals surface area contributed by atoms with Gasteiger partial charge in [0.1, 0.15) is 5.75 Å². The third-order valence-electron chi connectivity index (χ3n) is 4.22. The lowest BCUT2D eigenvalue weighted by molar-refractivity contribution is -0.124. The van der Waals surface area contributed by atoms with E-state index in [0.29, 0.717) is 5.75 Å². The van der Waals surface area contributed by atoms with Crippen molar-refractivity contribution in [1.29, 1.82) is 0 Å². The molecule has 0 bridgehead atoms. The Morgan fingerprint density at radius 3 is 2.71 bits per heavy atom. The number of fused-ring (bicyclic) bond motifs is 1. The van der Waals surface area contributed by atoms with Gasteiger partial charge in [0.2, 0.25) is 0 Å². The minimum absolute atomic E-state index is 0.0115. The number of amides is 2. The molecule has 1 aliphatic rings. The molecule has 0 fully saturated rings. The summed E-state index contributed by atoms with van der Waals surface area (Å²) < 4.78 is 5.48. The van der Waals surface area contributed by atoms with Gasteiger partial charge in [0, 0.05) is 0 Å². The van der Waals surface area contributed by atoms with Crippen LogP contribution in [-0.2, 0) is 11.2 Å². The molecule has 0 spiro atoms. The number of carbonyl (C=O) groups is 2. The lowest BCUT2D eigenvalue weighted by Gasteiger charge is -2.26. The van der Waals surface area contributed by atoms with Gasteiger partial charge in [0.15, 0.2) is 6.61 Å². The minimum atomic E-state index is -0.577. The first-order chi connectivity index (χ1) is 11.6. The zero-order valence-electron chi connectivity index (χ0n) is 13.3. The Labute approximate surface area is 140 Å². The first-order valence-electron chi connectivity index (χ1n) is 8.04. The molecule has 0 aliphatic heterocycles. The molecule has 0 radical (unpaired) electrons. The molecular weight excluding hydrogens is 304 g/mol. The monoisotopic (exact) mass is 324 g/mol. The van der Waals surface area contributed by atoms with Gasteiger partial charge in [-0.25, -0.2) is 0 Å². The summed E-state index contributed by atoms with van der Waals surface area (Å²) in [4.78, 5) is 23.6. The molecule has 0 aromatic heterocycles. The van der Waals surface area contributed by atoms with Crippen molar-refractivity contribution in [2.24, 2.45) is 5.73 Å². The van der Waals surface area contributed by atoms with E-state index in [9.17, 15) is 9.59 Å². The Balaban J connectivity index is 1.62. The average Bonchev–Trinajstić information content (AvgIpc) is 2.60. The molecule has 0 saturated carbocycles. The molecule has 1 aliphatic carbocycles. The Bertz CT molecular complexity index is 758. The predicted molar refractivity (Wildman–Crippen MR) is 90.7 cm³/mol. The number of primary amides is 1. The summed E-state index contributed by atoms with van der Waals surface area (Å²) in [5.41, 5.74) is 8.04. The van der Waals surface area contributed by atoms with Gasteiger partial charge in [0.25, 0.3) is 11.8 Å². The molecule has 1 unspecified atom stereocenters. The van der Waals surface area contributed by atoms with Gasteiger partial charge < -0.3 is 15.8 Å². The third kappa shape index (κ3) is 3.56. The van der Waals surface area contributed by atoms with Crippen LogP contribution in [0.2, 0.25) is 0 Å². The summed E-state index contributed by atoms with van der Waals surface area (Å²) in [5, 5.41) is 3.01. The Kier molecular flexibility index (Phi) is 4.79. The fourth-order valence-electron chi connectivity index (χ4n) is 3.08. The molecule has 2 aromatic rings. The van der Waals surface area contributed by atoms with Gasteiger partial charge in [-0.2, -0.15) is 0 Å². The lowest BCUT2D eigenvalue weighted by Crippen LogP contribution is -2.34. The van der Waals surface area contributed by atoms with Crippen molar-refractivity contribution < 1.29 is 14.3 Å². The molecule has 5 heteroatoms. The SMILES string of the molecule is NC(=O)c1ccccc1OCC(=O)NC1CCCc2ccccc21. The number of benzene rings is 2. The Hall–Kier alpha value is -2.82. The number of para-hydroxylation sites is 1. The molecule has 0 heterocycles. The van der Waals surface area contributed by atoms with Crippen LogP contribution in [0.4, 0.5) is 0 Å². The highest BCUT2D eigenvalue weighted by Crippen LogP contribution is 2.29. The summed E-state index contributed by atoms with van der Waals surface area (Å²) in [6.07, 6.45) is 3.01. The zero-order valence-corrected chi connectivity index (χ0v) is 13.3. The molecule has 24 heavy (non-hydrogen) atoms. The zero-order chi connectivity index (χ0) is 16.9. The van der Waals surface area contributed by atoms with Crippen molar-refractivity contribution in [2.75, 3.05) is 6.61 Å². The molecule has 2 amide bonds. The number of hydrogen-bond donors (Lipinski definition) is 2. The fourth-order valence-corrected chi connectivity index (χ4v) is 3.08. The summed E-state index contributed by atoms with van der Waals surface area (Å²) in [6.45, 7) is -0.150. The largest absolute Gasteiger partial charge is 0.483 e. The Morgan fingerprint density at radius 1 is 1.12 bits per heavy atom. The van der Waals surface area contributed by atoms with E-state index in [2.05, 4.69) is 17.4 Å². The van der Waals surface area contributed by atoms with E-state index in [-0.39, 0.29) is 24.1 Å². The van der Waals surface area contributed by atoms with Gasteiger partial charge in [-0.1, -0.05) is 36.4 Å². The van der Waals surface area contributed by atoms with E-state index in [1.807, 2.05) is 12.1 Å². The molecule has 3 rings (SSSR count). The number of ether oxygens (including phenoxy) is 1. The summed E-state index contributed by atoms with van der Waals surface area (Å²) in [5.74, 6) is -0.465. The summed E-state index contributed by atoms with van der Waals surface area (Å²) in [6, 6.07) is 14.8. The Morgan fingerprint density at radius 2 is 1.88 bits per heavy atom. The van der Waals surface area contributed by atoms with Gasteiger partial charge in [-0.05, 0) is 42.5 Å². The van der Waals surface area contributed by atoms with Crippen LogP contribution in [0, 0.1) is 0 Å². The third-order valence-corrected chi connectivity index (χ3v) is 4.22. The molecular formula is C19H20N2O3. The summed E-state index contributed by atoms with van der Waals surface area (Å²) >= 11 is 0. The molecule has 1 atom stereocenters. The van der Waals surface area contributed by atoms with E-state index in [0.717, 1.165) is 19.3 Å². The number of nitrogens with two attached hydrogens (primary N) is 1. The quantitative estimate of drug-likeness (QED) is 0.886. The van der Waals surface area contributed by atoms with Crippen molar-refractivity contribution in [3.63, 3.8) is 0 Å². The average molecular weight is 324 g/mol. The van der Waals surface area contributed by atoms with Crippen LogP contribution >= 0.6 is 0 Å². The van der Waals surface area contributed by atoms with Crippen LogP contribution in [-0.4, -0.2) is 18.4 Å². The van der Waals surface area contributed by atoms with E-state index < -0.39 is 5.91 Å². The topological polar surface area (TPSA) is 81.4 Å². The molecule has 2 aromatic carbocycles. The number of hydrogen-bond acceptors (Lipinski definition) is 3. The lowest BCUT2D eigenvalue weighted by atomic mass is 9.88. The van der Waals surface area contributed by atoms with Crippen molar-refractivity contribution >= 4 is 11.8 Å².